The highest BCUT2D eigenvalue weighted by molar-refractivity contribution is 7.89. The number of rotatable bonds is 38. The zero-order chi connectivity index (χ0) is 72.1. The van der Waals surface area contributed by atoms with Crippen LogP contribution in [0.5, 0.6) is 0 Å². The molecule has 0 aromatic heterocycles. The van der Waals surface area contributed by atoms with Crippen molar-refractivity contribution in [1.82, 2.24) is 46.2 Å². The van der Waals surface area contributed by atoms with Crippen LogP contribution in [0.1, 0.15) is 143 Å². The van der Waals surface area contributed by atoms with Crippen LogP contribution in [0.15, 0.2) is 66.7 Å². The molecule has 98 heavy (non-hydrogen) atoms. The third-order valence-corrected chi connectivity index (χ3v) is 20.2. The molecule has 29 heteroatoms. The van der Waals surface area contributed by atoms with Crippen molar-refractivity contribution in [3.8, 4) is 0 Å². The van der Waals surface area contributed by atoms with Crippen LogP contribution >= 0.6 is 0 Å². The molecule has 3 fully saturated rings. The van der Waals surface area contributed by atoms with E-state index in [1.54, 1.807) is 61.9 Å². The molecule has 1 aliphatic carbocycles. The summed E-state index contributed by atoms with van der Waals surface area (Å²) < 4.78 is 42.5. The van der Waals surface area contributed by atoms with Gasteiger partial charge in [-0.2, -0.15) is 0 Å². The molecular weight excluding hydrogens is 1280 g/mol. The normalized spacial score (nSPS) is 20.2. The molecule has 542 valence electrons. The number of hydrogen-bond donors (Lipinski definition) is 8. The molecular formula is C69H104N12O16S. The van der Waals surface area contributed by atoms with Crippen LogP contribution in [0.2, 0.25) is 0 Å². The number of likely N-dealkylation sites (N-methyl/N-ethyl adjacent to an activating group) is 1. The summed E-state index contributed by atoms with van der Waals surface area (Å²) in [6, 6.07) is 8.47. The number of imide groups is 1. The number of nitrogens with two attached hydrogens (primary N) is 2. The molecule has 6 rings (SSSR count). The third-order valence-electron chi connectivity index (χ3n) is 19.3. The average molecular weight is 1390 g/mol. The summed E-state index contributed by atoms with van der Waals surface area (Å²) in [5.74, 6) is -6.45. The van der Waals surface area contributed by atoms with Gasteiger partial charge in [-0.1, -0.05) is 104 Å². The molecule has 2 saturated heterocycles. The van der Waals surface area contributed by atoms with Gasteiger partial charge in [0.1, 0.15) is 30.8 Å². The number of fused-ring (bicyclic) bond motifs is 2. The van der Waals surface area contributed by atoms with Crippen molar-refractivity contribution in [2.75, 3.05) is 52.0 Å². The van der Waals surface area contributed by atoms with Crippen molar-refractivity contribution in [3.63, 3.8) is 0 Å². The van der Waals surface area contributed by atoms with Crippen LogP contribution in [-0.2, 0) is 80.4 Å². The van der Waals surface area contributed by atoms with Crippen molar-refractivity contribution in [2.24, 2.45) is 40.5 Å². The molecule has 2 aromatic carbocycles. The molecule has 1 saturated carbocycles. The van der Waals surface area contributed by atoms with Crippen molar-refractivity contribution >= 4 is 81.0 Å². The first kappa shape index (κ1) is 79.0. The average Bonchev–Trinajstić information content (AvgIpc) is 1.60. The fourth-order valence-corrected chi connectivity index (χ4v) is 14.6. The number of unbranched alkanes of at least 4 members (excludes halogenated alkanes) is 2. The minimum Gasteiger partial charge on any atom is -0.445 e. The number of benzene rings is 2. The fourth-order valence-electron chi connectivity index (χ4n) is 13.9. The summed E-state index contributed by atoms with van der Waals surface area (Å²) >= 11 is 0. The van der Waals surface area contributed by atoms with Gasteiger partial charge in [-0.05, 0) is 111 Å². The second kappa shape index (κ2) is 37.2. The number of primary sulfonamides is 1. The van der Waals surface area contributed by atoms with E-state index in [4.69, 9.17) is 25.1 Å². The lowest BCUT2D eigenvalue weighted by Gasteiger charge is -2.41. The van der Waals surface area contributed by atoms with Crippen LogP contribution in [0.3, 0.4) is 0 Å². The van der Waals surface area contributed by atoms with Gasteiger partial charge in [-0.3, -0.25) is 53.0 Å². The van der Waals surface area contributed by atoms with E-state index in [9.17, 15) is 61.2 Å². The molecule has 12 amide bonds. The predicted octanol–water partition coefficient (Wildman–Crippen LogP) is 3.75. The number of piperidine rings is 1. The number of carbonyl (C=O) groups is 11. The largest absolute Gasteiger partial charge is 0.445 e. The summed E-state index contributed by atoms with van der Waals surface area (Å²) in [5.41, 5.74) is 6.96. The second-order valence-electron chi connectivity index (χ2n) is 27.1. The van der Waals surface area contributed by atoms with E-state index in [-0.39, 0.29) is 99.2 Å². The number of carbonyl (C=O) groups excluding carboxylic acids is 11. The SMILES string of the molecule is CC[C@H](C)[C@@H](C(CC(=O)N1CCC[C@H]1[C@H](OC)[C@@H](C)C(=O)N[C@@H](Cc1ccccc1)CS(N)(=O)=O)OC)N(C)C(=O)[C@@H](NC(=O)C1[C@H]2CC[C@H](C2)N1C(=O)OCc1ccc(NC(=O)C(CCCNC(N)=O)NC(=O)[C@@H](NC(=O)CCCCCN2C(=O)C=CC2=O)C(C)C)cc1)C(C)C. The number of primary amides is 1. The Morgan fingerprint density at radius 2 is 1.43 bits per heavy atom. The lowest BCUT2D eigenvalue weighted by molar-refractivity contribution is -0.148. The number of likely N-dealkylation sites (tertiary alicyclic amines) is 2. The number of sulfonamides is 1. The van der Waals surface area contributed by atoms with Gasteiger partial charge in [0.25, 0.3) is 11.8 Å². The number of ether oxygens (including phenoxy) is 3. The van der Waals surface area contributed by atoms with Gasteiger partial charge < -0.3 is 61.6 Å². The zero-order valence-electron chi connectivity index (χ0n) is 58.3. The van der Waals surface area contributed by atoms with E-state index in [1.165, 1.54) is 31.3 Å². The van der Waals surface area contributed by atoms with Crippen LogP contribution in [0.4, 0.5) is 15.3 Å². The number of methoxy groups -OCH3 is 2. The summed E-state index contributed by atoms with van der Waals surface area (Å²) in [4.78, 5) is 154. The Morgan fingerprint density at radius 1 is 0.755 bits per heavy atom. The van der Waals surface area contributed by atoms with Gasteiger partial charge in [-0.25, -0.2) is 23.1 Å². The van der Waals surface area contributed by atoms with Crippen molar-refractivity contribution < 1.29 is 75.4 Å². The van der Waals surface area contributed by atoms with E-state index in [0.717, 1.165) is 10.5 Å². The number of urea groups is 1. The van der Waals surface area contributed by atoms with Gasteiger partial charge in [0.2, 0.25) is 51.4 Å². The molecule has 3 aliphatic heterocycles. The topological polar surface area (TPSA) is 387 Å². The molecule has 2 aromatic rings. The maximum absolute atomic E-state index is 14.9. The zero-order valence-corrected chi connectivity index (χ0v) is 59.1. The van der Waals surface area contributed by atoms with E-state index < -0.39 is 124 Å². The Hall–Kier alpha value is -8.02. The maximum Gasteiger partial charge on any atom is 0.411 e. The molecule has 10 N–H and O–H groups in total. The van der Waals surface area contributed by atoms with Gasteiger partial charge in [0, 0.05) is 77.2 Å². The maximum atomic E-state index is 14.9. The van der Waals surface area contributed by atoms with Crippen LogP contribution in [-0.4, -0.2) is 201 Å². The minimum absolute atomic E-state index is 0.0848. The van der Waals surface area contributed by atoms with E-state index in [1.807, 2.05) is 58.0 Å². The summed E-state index contributed by atoms with van der Waals surface area (Å²) in [7, 11) is 0.622. The summed E-state index contributed by atoms with van der Waals surface area (Å²) in [5, 5.41) is 22.2. The number of nitrogens with one attached hydrogen (secondary N) is 6. The van der Waals surface area contributed by atoms with Crippen molar-refractivity contribution in [2.45, 2.75) is 206 Å². The third kappa shape index (κ3) is 22.2. The first-order valence-electron chi connectivity index (χ1n) is 34.2. The lowest BCUT2D eigenvalue weighted by atomic mass is 9.89. The minimum atomic E-state index is -3.97. The van der Waals surface area contributed by atoms with Gasteiger partial charge in [0.15, 0.2) is 0 Å². The van der Waals surface area contributed by atoms with E-state index in [2.05, 4.69) is 31.9 Å². The Morgan fingerprint density at radius 3 is 2.04 bits per heavy atom. The van der Waals surface area contributed by atoms with Crippen LogP contribution in [0.25, 0.3) is 0 Å². The Kier molecular flexibility index (Phi) is 30.0. The first-order chi connectivity index (χ1) is 46.5. The number of hydrogen-bond acceptors (Lipinski definition) is 16. The Labute approximate surface area is 575 Å². The fraction of sp³-hybridized carbons (Fsp3) is 0.638. The monoisotopic (exact) mass is 1390 g/mol. The molecule has 3 heterocycles. The second-order valence-corrected chi connectivity index (χ2v) is 28.8. The molecule has 0 radical (unpaired) electrons. The van der Waals surface area contributed by atoms with Gasteiger partial charge in [0.05, 0.1) is 42.4 Å². The Balaban J connectivity index is 1.05. The quantitative estimate of drug-likeness (QED) is 0.0350. The number of nitrogens with zero attached hydrogens (tertiary/aromatic N) is 4. The molecule has 3 unspecified atom stereocenters. The number of anilines is 1. The van der Waals surface area contributed by atoms with Crippen LogP contribution in [0, 0.1) is 29.6 Å². The van der Waals surface area contributed by atoms with E-state index in [0.29, 0.717) is 75.6 Å². The summed E-state index contributed by atoms with van der Waals surface area (Å²) in [6.07, 6.45) is 5.83. The van der Waals surface area contributed by atoms with Crippen molar-refractivity contribution in [1.29, 1.82) is 0 Å². The highest BCUT2D eigenvalue weighted by atomic mass is 32.2. The molecule has 28 nitrogen and oxygen atoms in total. The molecule has 13 atom stereocenters. The predicted molar refractivity (Wildman–Crippen MR) is 365 cm³/mol. The number of amides is 12. The Bertz CT molecular complexity index is 3230. The smallest absolute Gasteiger partial charge is 0.411 e. The highest BCUT2D eigenvalue weighted by Crippen LogP contribution is 2.43. The summed E-state index contributed by atoms with van der Waals surface area (Å²) in [6.45, 7) is 13.3. The first-order valence-corrected chi connectivity index (χ1v) is 36.0. The molecule has 0 spiro atoms. The van der Waals surface area contributed by atoms with Crippen LogP contribution < -0.4 is 42.8 Å². The lowest BCUT2D eigenvalue weighted by Crippen LogP contribution is -2.60. The highest BCUT2D eigenvalue weighted by Gasteiger charge is 2.53. The van der Waals surface area contributed by atoms with E-state index >= 15 is 0 Å². The van der Waals surface area contributed by atoms with Gasteiger partial charge in [-0.15, -0.1) is 0 Å². The van der Waals surface area contributed by atoms with Gasteiger partial charge >= 0.3 is 12.1 Å². The standard InChI is InChI=1S/C69H104N12O16S/c1-11-43(6)60(53(95-9)38-57(85)79-35-19-23-52(79)62(96-10)44(7)63(86)74-49(40-98(71,93)94)36-45-20-14-12-15-21-45)78(8)67(90)59(42(4)5)77-66(89)61-47-27-30-50(37-47)81(61)69(92)97-39-46-25-28-48(29-26-46)73-64(87)51(22-18-33-72-68(70)91)75-65(88)58(41(2)3)76-54(82)24-16-13-17-34-80-55(83)31-32-56(80)84/h12,14-15,20-21,25-26,28-29,31-32,41-44,47,49-53,58-62H,11,13,16-19,22-24,27,30,33-40H2,1-10H3,(H,73,87)(H,74,86)(H,75,88)(H,76,82)(H,77,89)(H3,70,72,91)(H2,71,93,94)/t43-,44+,47-,49-,50+,51?,52-,53?,58-,59-,60-,61?,62+/m0/s1. The molecule has 4 aliphatic rings. The van der Waals surface area contributed by atoms with Crippen molar-refractivity contribution in [3.05, 3.63) is 77.9 Å². The molecule has 2 bridgehead atoms.